The summed E-state index contributed by atoms with van der Waals surface area (Å²) in [5.74, 6) is 0. The van der Waals surface area contributed by atoms with Crippen LogP contribution in [0.5, 0.6) is 0 Å². The molecule has 28 valence electrons. The first-order chi connectivity index (χ1) is 2.27. The highest BCUT2D eigenvalue weighted by molar-refractivity contribution is 7.02. The van der Waals surface area contributed by atoms with Gasteiger partial charge in [0.25, 0.3) is 0 Å². The first-order valence-corrected chi connectivity index (χ1v) is 2.27. The van der Waals surface area contributed by atoms with E-state index in [1.807, 2.05) is 0 Å². The summed E-state index contributed by atoms with van der Waals surface area (Å²) in [6, 6.07) is 0. The van der Waals surface area contributed by atoms with Crippen LogP contribution < -0.4 is 0 Å². The standard InChI is InChI=1S/C3H10B2/c1-3-5(2)4/h3-4H2,1-2H3. The summed E-state index contributed by atoms with van der Waals surface area (Å²) in [6.07, 6.45) is 1.31. The zero-order chi connectivity index (χ0) is 4.28. The molecular weight excluding hydrogens is 57.7 g/mol. The Labute approximate surface area is 35.4 Å². The largest absolute Gasteiger partial charge is 0.0964 e. The van der Waals surface area contributed by atoms with Crippen LogP contribution in [-0.4, -0.2) is 14.3 Å². The van der Waals surface area contributed by atoms with Crippen LogP contribution in [0.2, 0.25) is 13.1 Å². The van der Waals surface area contributed by atoms with Crippen LogP contribution in [-0.2, 0) is 0 Å². The zero-order valence-corrected chi connectivity index (χ0v) is 4.28. The number of hydrogen-bond donors (Lipinski definition) is 0. The Morgan fingerprint density at radius 2 is 2.00 bits per heavy atom. The molecule has 0 saturated heterocycles. The molecule has 0 unspecified atom stereocenters. The molecule has 0 nitrogen and oxygen atoms in total. The highest BCUT2D eigenvalue weighted by atomic mass is 13.4. The molecular formula is C3H10B2. The Kier molecular flexibility index (Phi) is 2.43. The van der Waals surface area contributed by atoms with Crippen LogP contribution in [0.3, 0.4) is 0 Å². The predicted molar refractivity (Wildman–Crippen MR) is 30.6 cm³/mol. The molecule has 0 rings (SSSR count). The molecule has 0 amide bonds. The Morgan fingerprint density at radius 1 is 1.80 bits per heavy atom. The molecule has 0 aromatic rings. The topological polar surface area (TPSA) is 0 Å². The number of rotatable bonds is 1. The summed E-state index contributed by atoms with van der Waals surface area (Å²) < 4.78 is 0. The van der Waals surface area contributed by atoms with Crippen molar-refractivity contribution < 1.29 is 0 Å². The van der Waals surface area contributed by atoms with E-state index >= 15 is 0 Å². The Bertz CT molecular complexity index is 18.9. The molecule has 0 atom stereocenters. The lowest BCUT2D eigenvalue weighted by molar-refractivity contribution is 1.44. The van der Waals surface area contributed by atoms with Gasteiger partial charge in [-0.05, 0) is 0 Å². The maximum atomic E-state index is 2.22. The van der Waals surface area contributed by atoms with Crippen molar-refractivity contribution in [1.29, 1.82) is 0 Å². The lowest BCUT2D eigenvalue weighted by Gasteiger charge is -1.84. The molecule has 0 aliphatic carbocycles. The summed E-state index contributed by atoms with van der Waals surface area (Å²) in [4.78, 5) is 0. The summed E-state index contributed by atoms with van der Waals surface area (Å²) in [6.45, 7) is 5.31. The van der Waals surface area contributed by atoms with Crippen molar-refractivity contribution >= 4 is 14.3 Å². The van der Waals surface area contributed by atoms with Gasteiger partial charge in [-0.2, -0.15) is 0 Å². The quantitative estimate of drug-likeness (QED) is 0.386. The van der Waals surface area contributed by atoms with Crippen molar-refractivity contribution in [2.75, 3.05) is 0 Å². The van der Waals surface area contributed by atoms with E-state index in [1.54, 1.807) is 0 Å². The fraction of sp³-hybridized carbons (Fsp3) is 1.00. The van der Waals surface area contributed by atoms with E-state index in [0.29, 0.717) is 0 Å². The lowest BCUT2D eigenvalue weighted by atomic mass is 9.33. The van der Waals surface area contributed by atoms with E-state index in [9.17, 15) is 0 Å². The molecule has 2 heteroatoms. The molecule has 0 radical (unpaired) electrons. The monoisotopic (exact) mass is 68.1 g/mol. The zero-order valence-electron chi connectivity index (χ0n) is 4.28. The van der Waals surface area contributed by atoms with E-state index in [1.165, 1.54) is 6.32 Å². The SMILES string of the molecule is BB(C)CC. The third-order valence-corrected chi connectivity index (χ3v) is 0.816. The fourth-order valence-electron chi connectivity index (χ4n) is 0. The van der Waals surface area contributed by atoms with Crippen molar-refractivity contribution in [2.24, 2.45) is 0 Å². The third kappa shape index (κ3) is 4.13. The Hall–Kier alpha value is 0.130. The first-order valence-electron chi connectivity index (χ1n) is 2.27. The van der Waals surface area contributed by atoms with E-state index in [-0.39, 0.29) is 0 Å². The van der Waals surface area contributed by atoms with Gasteiger partial charge in [0.1, 0.15) is 0 Å². The molecule has 0 aliphatic heterocycles. The Balaban J connectivity index is 2.54. The minimum atomic E-state index is 0.884. The van der Waals surface area contributed by atoms with Gasteiger partial charge in [0.2, 0.25) is 0 Å². The van der Waals surface area contributed by atoms with Gasteiger partial charge >= 0.3 is 0 Å². The second kappa shape index (κ2) is 2.37. The molecule has 0 saturated carbocycles. The van der Waals surface area contributed by atoms with Crippen LogP contribution in [0.15, 0.2) is 0 Å². The van der Waals surface area contributed by atoms with Crippen LogP contribution >= 0.6 is 0 Å². The van der Waals surface area contributed by atoms with Gasteiger partial charge in [-0.1, -0.05) is 20.1 Å². The van der Waals surface area contributed by atoms with Crippen molar-refractivity contribution in [2.45, 2.75) is 20.1 Å². The molecule has 0 bridgehead atoms. The Morgan fingerprint density at radius 3 is 2.00 bits per heavy atom. The van der Waals surface area contributed by atoms with Gasteiger partial charge in [0.05, 0.1) is 14.3 Å². The number of hydrogen-bond acceptors (Lipinski definition) is 0. The normalized spacial score (nSPS) is 7.60. The maximum absolute atomic E-state index is 2.22. The summed E-state index contributed by atoms with van der Waals surface area (Å²) >= 11 is 0. The summed E-state index contributed by atoms with van der Waals surface area (Å²) in [5, 5.41) is 0. The molecule has 0 aliphatic rings. The smallest absolute Gasteiger partial charge is 0.0927 e. The van der Waals surface area contributed by atoms with Crippen molar-refractivity contribution in [1.82, 2.24) is 0 Å². The van der Waals surface area contributed by atoms with Crippen LogP contribution in [0.1, 0.15) is 6.92 Å². The fourth-order valence-corrected chi connectivity index (χ4v) is 0. The van der Waals surface area contributed by atoms with E-state index in [4.69, 9.17) is 0 Å². The van der Waals surface area contributed by atoms with Gasteiger partial charge in [-0.3, -0.25) is 0 Å². The van der Waals surface area contributed by atoms with Crippen molar-refractivity contribution in [3.8, 4) is 0 Å². The average molecular weight is 67.7 g/mol. The van der Waals surface area contributed by atoms with Gasteiger partial charge in [0, 0.05) is 0 Å². The third-order valence-electron chi connectivity index (χ3n) is 0.816. The molecule has 0 aromatic heterocycles. The maximum Gasteiger partial charge on any atom is 0.0964 e. The molecule has 5 heavy (non-hydrogen) atoms. The van der Waals surface area contributed by atoms with E-state index in [0.717, 1.165) is 6.60 Å². The van der Waals surface area contributed by atoms with Crippen molar-refractivity contribution in [3.63, 3.8) is 0 Å². The minimum absolute atomic E-state index is 0.884. The van der Waals surface area contributed by atoms with Crippen molar-refractivity contribution in [3.05, 3.63) is 0 Å². The molecule has 0 N–H and O–H groups in total. The molecule has 0 aromatic carbocycles. The second-order valence-electron chi connectivity index (χ2n) is 1.80. The first kappa shape index (κ1) is 5.13. The average Bonchev–Trinajstić information content (AvgIpc) is 1.38. The highest BCUT2D eigenvalue weighted by Gasteiger charge is 1.87. The minimum Gasteiger partial charge on any atom is -0.0927 e. The highest BCUT2D eigenvalue weighted by Crippen LogP contribution is 1.78. The molecule has 0 fully saturated rings. The van der Waals surface area contributed by atoms with Crippen LogP contribution in [0.4, 0.5) is 0 Å². The lowest BCUT2D eigenvalue weighted by Crippen LogP contribution is -2.01. The van der Waals surface area contributed by atoms with Crippen LogP contribution in [0.25, 0.3) is 0 Å². The predicted octanol–water partition coefficient (Wildman–Crippen LogP) is 0.261. The molecule has 0 heterocycles. The van der Waals surface area contributed by atoms with E-state index in [2.05, 4.69) is 21.5 Å². The van der Waals surface area contributed by atoms with Gasteiger partial charge in [0.15, 0.2) is 0 Å². The van der Waals surface area contributed by atoms with Gasteiger partial charge in [-0.15, -0.1) is 0 Å². The summed E-state index contributed by atoms with van der Waals surface area (Å²) in [7, 11) is 2.22. The molecule has 0 spiro atoms. The van der Waals surface area contributed by atoms with Crippen LogP contribution in [0, 0.1) is 0 Å². The van der Waals surface area contributed by atoms with Gasteiger partial charge in [-0.25, -0.2) is 0 Å². The summed E-state index contributed by atoms with van der Waals surface area (Å²) in [5.41, 5.74) is 0. The van der Waals surface area contributed by atoms with Gasteiger partial charge < -0.3 is 0 Å². The van der Waals surface area contributed by atoms with E-state index < -0.39 is 0 Å². The second-order valence-corrected chi connectivity index (χ2v) is 1.80.